The van der Waals surface area contributed by atoms with Gasteiger partial charge in [0.15, 0.2) is 5.96 Å². The number of halogens is 1. The zero-order valence-electron chi connectivity index (χ0n) is 14.2. The third kappa shape index (κ3) is 7.00. The smallest absolute Gasteiger partial charge is 0.240 e. The molecule has 0 saturated heterocycles. The Labute approximate surface area is 166 Å². The van der Waals surface area contributed by atoms with E-state index in [2.05, 4.69) is 21.1 Å². The molecule has 0 fully saturated rings. The van der Waals surface area contributed by atoms with Crippen molar-refractivity contribution in [1.82, 2.24) is 4.72 Å². The van der Waals surface area contributed by atoms with E-state index in [9.17, 15) is 8.42 Å². The lowest BCUT2D eigenvalue weighted by Gasteiger charge is -2.08. The number of benzene rings is 2. The van der Waals surface area contributed by atoms with Gasteiger partial charge in [-0.3, -0.25) is 4.99 Å². The summed E-state index contributed by atoms with van der Waals surface area (Å²) in [6.07, 6.45) is 0. The van der Waals surface area contributed by atoms with Gasteiger partial charge in [-0.05, 0) is 49.2 Å². The number of anilines is 1. The van der Waals surface area contributed by atoms with Crippen molar-refractivity contribution >= 4 is 45.6 Å². The number of hydrogen-bond donors (Lipinski definition) is 3. The molecule has 0 aliphatic heterocycles. The first-order valence-electron chi connectivity index (χ1n) is 7.57. The van der Waals surface area contributed by atoms with Gasteiger partial charge in [0.2, 0.25) is 10.0 Å². The fourth-order valence-corrected chi connectivity index (χ4v) is 3.32. The standard InChI is InChI=1S/C17H22N4O2S.HI/c1-13-10-14(2)12-15(11-13)21-17(18)19-8-9-20-24(22,23)16-6-4-3-5-7-16;/h3-7,10-12,20H,8-9H2,1-2H3,(H3,18,19,21);1H. The predicted octanol–water partition coefficient (Wildman–Crippen LogP) is 2.63. The summed E-state index contributed by atoms with van der Waals surface area (Å²) in [5.74, 6) is 0.249. The van der Waals surface area contributed by atoms with Crippen LogP contribution in [0.2, 0.25) is 0 Å². The summed E-state index contributed by atoms with van der Waals surface area (Å²) in [5.41, 5.74) is 8.94. The van der Waals surface area contributed by atoms with E-state index in [0.717, 1.165) is 16.8 Å². The Morgan fingerprint density at radius 3 is 2.28 bits per heavy atom. The number of rotatable bonds is 6. The monoisotopic (exact) mass is 474 g/mol. The van der Waals surface area contributed by atoms with Gasteiger partial charge >= 0.3 is 0 Å². The maximum atomic E-state index is 12.0. The third-order valence-electron chi connectivity index (χ3n) is 3.23. The van der Waals surface area contributed by atoms with Crippen molar-refractivity contribution < 1.29 is 8.42 Å². The maximum absolute atomic E-state index is 12.0. The Kier molecular flexibility index (Phi) is 8.33. The first kappa shape index (κ1) is 21.4. The molecule has 0 aliphatic carbocycles. The van der Waals surface area contributed by atoms with E-state index in [4.69, 9.17) is 5.73 Å². The Hall–Kier alpha value is -1.65. The first-order valence-corrected chi connectivity index (χ1v) is 9.05. The Bertz CT molecular complexity index is 804. The van der Waals surface area contributed by atoms with Crippen LogP contribution in [0.3, 0.4) is 0 Å². The fraction of sp³-hybridized carbons (Fsp3) is 0.235. The van der Waals surface area contributed by atoms with Gasteiger partial charge in [-0.15, -0.1) is 24.0 Å². The number of nitrogens with two attached hydrogens (primary N) is 1. The third-order valence-corrected chi connectivity index (χ3v) is 4.71. The quantitative estimate of drug-likeness (QED) is 0.260. The van der Waals surface area contributed by atoms with Gasteiger partial charge in [0.1, 0.15) is 0 Å². The molecule has 6 nitrogen and oxygen atoms in total. The molecule has 0 heterocycles. The minimum Gasteiger partial charge on any atom is -0.370 e. The lowest BCUT2D eigenvalue weighted by atomic mass is 10.1. The summed E-state index contributed by atoms with van der Waals surface area (Å²) in [6.45, 7) is 4.43. The van der Waals surface area contributed by atoms with Crippen LogP contribution in [-0.2, 0) is 10.0 Å². The first-order chi connectivity index (χ1) is 11.4. The van der Waals surface area contributed by atoms with Crippen LogP contribution in [0, 0.1) is 13.8 Å². The van der Waals surface area contributed by atoms with Gasteiger partial charge in [0.25, 0.3) is 0 Å². The molecule has 8 heteroatoms. The lowest BCUT2D eigenvalue weighted by molar-refractivity contribution is 0.582. The van der Waals surface area contributed by atoms with E-state index in [1.165, 1.54) is 0 Å². The molecule has 2 rings (SSSR count). The second-order valence-corrected chi connectivity index (χ2v) is 7.25. The number of hydrogen-bond acceptors (Lipinski definition) is 3. The zero-order chi connectivity index (χ0) is 17.6. The average Bonchev–Trinajstić information content (AvgIpc) is 2.51. The second-order valence-electron chi connectivity index (χ2n) is 5.48. The zero-order valence-corrected chi connectivity index (χ0v) is 17.3. The molecule has 0 atom stereocenters. The highest BCUT2D eigenvalue weighted by molar-refractivity contribution is 14.0. The lowest BCUT2D eigenvalue weighted by Crippen LogP contribution is -2.28. The second kappa shape index (κ2) is 9.73. The average molecular weight is 474 g/mol. The van der Waals surface area contributed by atoms with E-state index in [0.29, 0.717) is 0 Å². The van der Waals surface area contributed by atoms with Crippen LogP contribution >= 0.6 is 24.0 Å². The number of nitrogens with zero attached hydrogens (tertiary/aromatic N) is 1. The minimum absolute atomic E-state index is 0. The van der Waals surface area contributed by atoms with Gasteiger partial charge in [-0.1, -0.05) is 24.3 Å². The van der Waals surface area contributed by atoms with Gasteiger partial charge in [-0.2, -0.15) is 0 Å². The summed E-state index contributed by atoms with van der Waals surface area (Å²) >= 11 is 0. The van der Waals surface area contributed by atoms with Crippen molar-refractivity contribution in [2.45, 2.75) is 18.7 Å². The molecule has 0 radical (unpaired) electrons. The topological polar surface area (TPSA) is 96.6 Å². The molecule has 0 amide bonds. The van der Waals surface area contributed by atoms with Gasteiger partial charge in [0.05, 0.1) is 11.4 Å². The molecule has 136 valence electrons. The molecule has 0 aromatic heterocycles. The molecule has 25 heavy (non-hydrogen) atoms. The summed E-state index contributed by atoms with van der Waals surface area (Å²) < 4.78 is 26.6. The fourth-order valence-electron chi connectivity index (χ4n) is 2.27. The Morgan fingerprint density at radius 1 is 1.08 bits per heavy atom. The van der Waals surface area contributed by atoms with Crippen molar-refractivity contribution in [3.8, 4) is 0 Å². The summed E-state index contributed by atoms with van der Waals surface area (Å²) in [4.78, 5) is 4.36. The largest absolute Gasteiger partial charge is 0.370 e. The molecule has 4 N–H and O–H groups in total. The Morgan fingerprint density at radius 2 is 1.68 bits per heavy atom. The number of aryl methyl sites for hydroxylation is 2. The van der Waals surface area contributed by atoms with Crippen LogP contribution < -0.4 is 15.8 Å². The highest BCUT2D eigenvalue weighted by Gasteiger charge is 2.11. The van der Waals surface area contributed by atoms with Crippen LogP contribution in [0.15, 0.2) is 58.4 Å². The van der Waals surface area contributed by atoms with E-state index < -0.39 is 10.0 Å². The summed E-state index contributed by atoms with van der Waals surface area (Å²) in [6, 6.07) is 14.2. The molecule has 0 aliphatic rings. The number of guanidine groups is 1. The number of sulfonamides is 1. The molecule has 2 aromatic carbocycles. The van der Waals surface area contributed by atoms with Crippen molar-refractivity contribution in [1.29, 1.82) is 0 Å². The van der Waals surface area contributed by atoms with E-state index in [1.54, 1.807) is 30.3 Å². The molecular weight excluding hydrogens is 451 g/mol. The van der Waals surface area contributed by atoms with Crippen molar-refractivity contribution in [2.24, 2.45) is 10.7 Å². The van der Waals surface area contributed by atoms with Gasteiger partial charge in [-0.25, -0.2) is 13.1 Å². The van der Waals surface area contributed by atoms with E-state index in [1.807, 2.05) is 26.0 Å². The summed E-state index contributed by atoms with van der Waals surface area (Å²) in [5, 5.41) is 3.00. The van der Waals surface area contributed by atoms with Gasteiger partial charge in [0, 0.05) is 12.2 Å². The van der Waals surface area contributed by atoms with Crippen molar-refractivity contribution in [3.63, 3.8) is 0 Å². The molecule has 0 bridgehead atoms. The van der Waals surface area contributed by atoms with E-state index >= 15 is 0 Å². The highest BCUT2D eigenvalue weighted by atomic mass is 127. The molecular formula is C17H23IN4O2S. The normalized spacial score (nSPS) is 11.7. The van der Waals surface area contributed by atoms with Crippen molar-refractivity contribution in [2.75, 3.05) is 18.4 Å². The molecule has 0 unspecified atom stereocenters. The predicted molar refractivity (Wildman–Crippen MR) is 113 cm³/mol. The SMILES string of the molecule is Cc1cc(C)cc(NC(N)=NCCNS(=O)(=O)c2ccccc2)c1.I. The van der Waals surface area contributed by atoms with E-state index in [-0.39, 0.29) is 47.9 Å². The molecule has 2 aromatic rings. The summed E-state index contributed by atoms with van der Waals surface area (Å²) in [7, 11) is -3.51. The maximum Gasteiger partial charge on any atom is 0.240 e. The Balaban J connectivity index is 0.00000312. The van der Waals surface area contributed by atoms with Crippen LogP contribution in [0.1, 0.15) is 11.1 Å². The minimum atomic E-state index is -3.51. The van der Waals surface area contributed by atoms with Gasteiger partial charge < -0.3 is 11.1 Å². The van der Waals surface area contributed by atoms with Crippen LogP contribution in [-0.4, -0.2) is 27.5 Å². The molecule has 0 saturated carbocycles. The highest BCUT2D eigenvalue weighted by Crippen LogP contribution is 2.13. The van der Waals surface area contributed by atoms with Crippen molar-refractivity contribution in [3.05, 3.63) is 59.7 Å². The number of aliphatic imine (C=N–C) groups is 1. The molecule has 0 spiro atoms. The van der Waals surface area contributed by atoms with Crippen LogP contribution in [0.4, 0.5) is 5.69 Å². The van der Waals surface area contributed by atoms with Crippen LogP contribution in [0.25, 0.3) is 0 Å². The van der Waals surface area contributed by atoms with Crippen LogP contribution in [0.5, 0.6) is 0 Å². The number of nitrogens with one attached hydrogen (secondary N) is 2.